The predicted octanol–water partition coefficient (Wildman–Crippen LogP) is 4.16. The summed E-state index contributed by atoms with van der Waals surface area (Å²) in [5.74, 6) is 0.248. The highest BCUT2D eigenvalue weighted by Gasteiger charge is 2.42. The Kier molecular flexibility index (Phi) is 5.98. The summed E-state index contributed by atoms with van der Waals surface area (Å²) in [5.41, 5.74) is 2.02. The van der Waals surface area contributed by atoms with Gasteiger partial charge in [0.2, 0.25) is 0 Å². The Morgan fingerprint density at radius 3 is 2.59 bits per heavy atom. The molecule has 5 nitrogen and oxygen atoms in total. The first kappa shape index (κ1) is 20.1. The van der Waals surface area contributed by atoms with Crippen LogP contribution in [0.5, 0.6) is 0 Å². The maximum atomic E-state index is 13.3. The molecule has 0 radical (unpaired) electrons. The first-order chi connectivity index (χ1) is 14.1. The molecule has 0 amide bonds. The van der Waals surface area contributed by atoms with Crippen molar-refractivity contribution in [2.24, 2.45) is 11.3 Å². The number of nitriles is 1. The fraction of sp³-hybridized carbons (Fsp3) is 0.565. The Labute approximate surface area is 172 Å². The first-order valence-corrected chi connectivity index (χ1v) is 10.6. The van der Waals surface area contributed by atoms with Crippen LogP contribution in [0.15, 0.2) is 36.8 Å². The van der Waals surface area contributed by atoms with Crippen LogP contribution in [0.1, 0.15) is 49.9 Å². The Bertz CT molecular complexity index is 843. The Hall–Kier alpha value is -2.23. The summed E-state index contributed by atoms with van der Waals surface area (Å²) < 4.78 is 20.9. The van der Waals surface area contributed by atoms with E-state index in [1.807, 2.05) is 24.7 Å². The van der Waals surface area contributed by atoms with Gasteiger partial charge in [0.25, 0.3) is 0 Å². The van der Waals surface area contributed by atoms with Crippen molar-refractivity contribution in [2.45, 2.75) is 45.2 Å². The number of benzene rings is 1. The van der Waals surface area contributed by atoms with Gasteiger partial charge in [-0.1, -0.05) is 12.1 Å². The van der Waals surface area contributed by atoms with Gasteiger partial charge in [-0.25, -0.2) is 9.37 Å². The standard InChI is InChI=1S/C23H29FN4O/c1-18(19-2-4-21(24)5-3-19)28-17-26-14-22(28)15-27-10-8-23(16-25,9-11-27)20-6-12-29-13-7-20/h2-5,14,17-18,20H,6-13,15H2,1H3. The van der Waals surface area contributed by atoms with Crippen molar-refractivity contribution < 1.29 is 9.13 Å². The van der Waals surface area contributed by atoms with E-state index in [0.29, 0.717) is 5.92 Å². The highest BCUT2D eigenvalue weighted by atomic mass is 19.1. The quantitative estimate of drug-likeness (QED) is 0.761. The summed E-state index contributed by atoms with van der Waals surface area (Å²) in [7, 11) is 0. The molecule has 0 saturated carbocycles. The largest absolute Gasteiger partial charge is 0.381 e. The molecule has 154 valence electrons. The van der Waals surface area contributed by atoms with Crippen LogP contribution in [0, 0.1) is 28.5 Å². The second-order valence-corrected chi connectivity index (χ2v) is 8.45. The molecular weight excluding hydrogens is 367 g/mol. The van der Waals surface area contributed by atoms with E-state index in [1.54, 1.807) is 0 Å². The minimum Gasteiger partial charge on any atom is -0.381 e. The number of imidazole rings is 1. The maximum Gasteiger partial charge on any atom is 0.123 e. The van der Waals surface area contributed by atoms with Gasteiger partial charge in [-0.2, -0.15) is 5.26 Å². The number of rotatable bonds is 5. The van der Waals surface area contributed by atoms with Crippen molar-refractivity contribution in [3.05, 3.63) is 53.9 Å². The third kappa shape index (κ3) is 4.22. The predicted molar refractivity (Wildman–Crippen MR) is 109 cm³/mol. The minimum absolute atomic E-state index is 0.0957. The zero-order chi connectivity index (χ0) is 20.3. The van der Waals surface area contributed by atoms with E-state index in [2.05, 4.69) is 27.4 Å². The van der Waals surface area contributed by atoms with Crippen molar-refractivity contribution >= 4 is 0 Å². The van der Waals surface area contributed by atoms with Crippen LogP contribution in [0.25, 0.3) is 0 Å². The summed E-state index contributed by atoms with van der Waals surface area (Å²) in [6.07, 6.45) is 7.65. The zero-order valence-corrected chi connectivity index (χ0v) is 17.1. The van der Waals surface area contributed by atoms with E-state index in [9.17, 15) is 9.65 Å². The molecule has 2 aliphatic rings. The first-order valence-electron chi connectivity index (χ1n) is 10.6. The smallest absolute Gasteiger partial charge is 0.123 e. The van der Waals surface area contributed by atoms with E-state index < -0.39 is 0 Å². The molecule has 2 aromatic rings. The molecule has 1 atom stereocenters. The lowest BCUT2D eigenvalue weighted by atomic mass is 9.67. The van der Waals surface area contributed by atoms with Crippen LogP contribution >= 0.6 is 0 Å². The van der Waals surface area contributed by atoms with Gasteiger partial charge in [-0.05, 0) is 56.2 Å². The normalized spacial score (nSPS) is 21.6. The van der Waals surface area contributed by atoms with Crippen molar-refractivity contribution in [1.29, 1.82) is 5.26 Å². The maximum absolute atomic E-state index is 13.3. The minimum atomic E-state index is -0.217. The van der Waals surface area contributed by atoms with E-state index in [-0.39, 0.29) is 17.3 Å². The van der Waals surface area contributed by atoms with E-state index in [4.69, 9.17) is 4.74 Å². The summed E-state index contributed by atoms with van der Waals surface area (Å²) in [4.78, 5) is 6.80. The van der Waals surface area contributed by atoms with Gasteiger partial charge in [-0.3, -0.25) is 4.90 Å². The van der Waals surface area contributed by atoms with Gasteiger partial charge >= 0.3 is 0 Å². The van der Waals surface area contributed by atoms with Crippen molar-refractivity contribution in [3.63, 3.8) is 0 Å². The fourth-order valence-corrected chi connectivity index (χ4v) is 4.91. The lowest BCUT2D eigenvalue weighted by Crippen LogP contribution is -2.44. The third-order valence-corrected chi connectivity index (χ3v) is 6.88. The second kappa shape index (κ2) is 8.64. The molecule has 0 spiro atoms. The monoisotopic (exact) mass is 396 g/mol. The third-order valence-electron chi connectivity index (χ3n) is 6.88. The topological polar surface area (TPSA) is 54.1 Å². The van der Waals surface area contributed by atoms with Crippen LogP contribution < -0.4 is 0 Å². The molecule has 2 saturated heterocycles. The second-order valence-electron chi connectivity index (χ2n) is 8.45. The summed E-state index contributed by atoms with van der Waals surface area (Å²) in [5, 5.41) is 9.95. The van der Waals surface area contributed by atoms with Crippen molar-refractivity contribution in [2.75, 3.05) is 26.3 Å². The number of likely N-dealkylation sites (tertiary alicyclic amines) is 1. The van der Waals surface area contributed by atoms with Gasteiger partial charge in [-0.15, -0.1) is 0 Å². The molecule has 0 bridgehead atoms. The van der Waals surface area contributed by atoms with E-state index in [0.717, 1.165) is 69.8 Å². The number of ether oxygens (including phenoxy) is 1. The molecule has 29 heavy (non-hydrogen) atoms. The Morgan fingerprint density at radius 2 is 1.93 bits per heavy atom. The molecule has 4 rings (SSSR count). The average Bonchev–Trinajstić information content (AvgIpc) is 3.23. The number of aromatic nitrogens is 2. The van der Waals surface area contributed by atoms with E-state index >= 15 is 0 Å². The van der Waals surface area contributed by atoms with Crippen molar-refractivity contribution in [3.8, 4) is 6.07 Å². The summed E-state index contributed by atoms with van der Waals surface area (Å²) >= 11 is 0. The van der Waals surface area contributed by atoms with Crippen molar-refractivity contribution in [1.82, 2.24) is 14.5 Å². The van der Waals surface area contributed by atoms with Gasteiger partial charge < -0.3 is 9.30 Å². The Balaban J connectivity index is 1.41. The molecule has 0 aliphatic carbocycles. The Morgan fingerprint density at radius 1 is 1.24 bits per heavy atom. The lowest BCUT2D eigenvalue weighted by molar-refractivity contribution is 0.00300. The van der Waals surface area contributed by atoms with E-state index in [1.165, 1.54) is 12.1 Å². The lowest BCUT2D eigenvalue weighted by Gasteiger charge is -2.43. The van der Waals surface area contributed by atoms with Crippen LogP contribution in [0.3, 0.4) is 0 Å². The van der Waals surface area contributed by atoms with Gasteiger partial charge in [0.15, 0.2) is 0 Å². The molecule has 6 heteroatoms. The van der Waals surface area contributed by atoms with Crippen LogP contribution in [-0.2, 0) is 11.3 Å². The average molecular weight is 397 g/mol. The molecular formula is C23H29FN4O. The highest BCUT2D eigenvalue weighted by molar-refractivity contribution is 5.21. The highest BCUT2D eigenvalue weighted by Crippen LogP contribution is 2.43. The van der Waals surface area contributed by atoms with Crippen LogP contribution in [-0.4, -0.2) is 40.8 Å². The summed E-state index contributed by atoms with van der Waals surface area (Å²) in [6, 6.07) is 9.46. The zero-order valence-electron chi connectivity index (χ0n) is 17.1. The molecule has 2 aliphatic heterocycles. The van der Waals surface area contributed by atoms with Crippen LogP contribution in [0.2, 0.25) is 0 Å². The van der Waals surface area contributed by atoms with Crippen LogP contribution in [0.4, 0.5) is 4.39 Å². The van der Waals surface area contributed by atoms with Gasteiger partial charge in [0, 0.05) is 39.0 Å². The number of piperidine rings is 1. The number of halogens is 1. The SMILES string of the molecule is CC(c1ccc(F)cc1)n1cncc1CN1CCC(C#N)(C2CCOCC2)CC1. The molecule has 2 fully saturated rings. The molecule has 0 N–H and O–H groups in total. The fourth-order valence-electron chi connectivity index (χ4n) is 4.91. The van der Waals surface area contributed by atoms with Gasteiger partial charge in [0.1, 0.15) is 5.82 Å². The number of hydrogen-bond donors (Lipinski definition) is 0. The molecule has 1 aromatic carbocycles. The molecule has 3 heterocycles. The van der Waals surface area contributed by atoms with Gasteiger partial charge in [0.05, 0.1) is 29.5 Å². The number of nitrogens with zero attached hydrogens (tertiary/aromatic N) is 4. The number of hydrogen-bond acceptors (Lipinski definition) is 4. The molecule has 1 aromatic heterocycles. The molecule has 1 unspecified atom stereocenters. The summed E-state index contributed by atoms with van der Waals surface area (Å²) in [6.45, 7) is 6.37.